The van der Waals surface area contributed by atoms with Gasteiger partial charge >= 0.3 is 0 Å². The Labute approximate surface area is 346 Å². The Morgan fingerprint density at radius 1 is 0.900 bits per heavy atom. The number of aryl methyl sites for hydroxylation is 1. The molecule has 3 fully saturated rings. The van der Waals surface area contributed by atoms with Gasteiger partial charge in [0.15, 0.2) is 18.1 Å². The number of imidazole rings is 1. The topological polar surface area (TPSA) is 223 Å². The predicted molar refractivity (Wildman–Crippen MR) is 217 cm³/mol. The lowest BCUT2D eigenvalue weighted by Crippen LogP contribution is -2.54. The molecule has 1 atom stereocenters. The number of nitrogens with zero attached hydrogens (tertiary/aromatic N) is 7. The number of fused-ring (bicyclic) bond motifs is 2. The lowest BCUT2D eigenvalue weighted by molar-refractivity contribution is -0.136. The molecule has 3 aliphatic heterocycles. The molecule has 1 aliphatic carbocycles. The summed E-state index contributed by atoms with van der Waals surface area (Å²) in [5.74, 6) is -2.11. The summed E-state index contributed by atoms with van der Waals surface area (Å²) in [4.78, 5) is 96.9. The Bertz CT molecular complexity index is 2300. The van der Waals surface area contributed by atoms with Gasteiger partial charge in [-0.05, 0) is 82.7 Å². The molecule has 4 N–H and O–H groups in total. The van der Waals surface area contributed by atoms with Crippen molar-refractivity contribution in [2.45, 2.75) is 95.3 Å². The van der Waals surface area contributed by atoms with Crippen LogP contribution < -0.4 is 26.0 Å². The molecule has 0 spiro atoms. The number of likely N-dealkylation sites (tertiary alicyclic amines) is 1. The summed E-state index contributed by atoms with van der Waals surface area (Å²) >= 11 is 0. The van der Waals surface area contributed by atoms with Crippen molar-refractivity contribution in [1.82, 2.24) is 50.3 Å². The average Bonchev–Trinajstić information content (AvgIpc) is 3.77. The number of aromatic nitrogens is 5. The van der Waals surface area contributed by atoms with E-state index in [1.54, 1.807) is 18.5 Å². The van der Waals surface area contributed by atoms with Crippen molar-refractivity contribution in [3.8, 4) is 5.75 Å². The van der Waals surface area contributed by atoms with Gasteiger partial charge in [0.25, 0.3) is 23.6 Å². The highest BCUT2D eigenvalue weighted by molar-refractivity contribution is 6.24. The summed E-state index contributed by atoms with van der Waals surface area (Å²) in [6, 6.07) is 9.47. The van der Waals surface area contributed by atoms with Gasteiger partial charge in [0.1, 0.15) is 29.3 Å². The van der Waals surface area contributed by atoms with E-state index in [0.717, 1.165) is 98.6 Å². The lowest BCUT2D eigenvalue weighted by atomic mass is 9.86. The van der Waals surface area contributed by atoms with Gasteiger partial charge in [0.2, 0.25) is 11.8 Å². The van der Waals surface area contributed by atoms with Crippen molar-refractivity contribution >= 4 is 52.4 Å². The van der Waals surface area contributed by atoms with Crippen LogP contribution in [0.2, 0.25) is 0 Å². The number of hydrogen-bond donors (Lipinski definition) is 4. The van der Waals surface area contributed by atoms with Gasteiger partial charge in [-0.1, -0.05) is 25.0 Å². The number of anilines is 1. The molecule has 2 saturated heterocycles. The maximum atomic E-state index is 13.2. The maximum Gasteiger partial charge on any atom is 0.270 e. The molecule has 60 heavy (non-hydrogen) atoms. The van der Waals surface area contributed by atoms with E-state index in [-0.39, 0.29) is 66.3 Å². The molecule has 1 aromatic carbocycles. The van der Waals surface area contributed by atoms with E-state index in [0.29, 0.717) is 12.2 Å². The van der Waals surface area contributed by atoms with Crippen molar-refractivity contribution < 1.29 is 33.5 Å². The van der Waals surface area contributed by atoms with Crippen LogP contribution in [0.1, 0.15) is 107 Å². The second-order valence-corrected chi connectivity index (χ2v) is 15.9. The van der Waals surface area contributed by atoms with Gasteiger partial charge in [-0.3, -0.25) is 39.0 Å². The molecule has 0 bridgehead atoms. The molecule has 1 saturated carbocycles. The first-order chi connectivity index (χ1) is 29.1. The number of unbranched alkanes of at least 4 members (excludes halogenated alkanes) is 3. The summed E-state index contributed by atoms with van der Waals surface area (Å²) in [5.41, 5.74) is 2.90. The molecule has 18 nitrogen and oxygen atoms in total. The third-order valence-electron chi connectivity index (χ3n) is 11.8. The second kappa shape index (κ2) is 17.9. The van der Waals surface area contributed by atoms with Crippen molar-refractivity contribution in [1.29, 1.82) is 0 Å². The Kier molecular flexibility index (Phi) is 12.1. The van der Waals surface area contributed by atoms with Gasteiger partial charge in [0, 0.05) is 49.9 Å². The van der Waals surface area contributed by atoms with Gasteiger partial charge in [-0.25, -0.2) is 19.9 Å². The van der Waals surface area contributed by atoms with Crippen molar-refractivity contribution in [2.24, 2.45) is 0 Å². The molecule has 18 heteroatoms. The number of pyridine rings is 1. The van der Waals surface area contributed by atoms with Gasteiger partial charge in [-0.2, -0.15) is 0 Å². The minimum absolute atomic E-state index is 0.0112. The normalized spacial score (nSPS) is 20.8. The fourth-order valence-corrected chi connectivity index (χ4v) is 8.42. The third kappa shape index (κ3) is 8.83. The molecule has 0 unspecified atom stereocenters. The van der Waals surface area contributed by atoms with Crippen LogP contribution >= 0.6 is 0 Å². The van der Waals surface area contributed by atoms with Crippen molar-refractivity contribution in [2.75, 3.05) is 38.1 Å². The number of imide groups is 2. The van der Waals surface area contributed by atoms with Crippen LogP contribution in [0, 0.1) is 6.92 Å². The number of amides is 6. The molecule has 8 rings (SSSR count). The number of nitrogens with one attached hydrogen (secondary N) is 4. The average molecular weight is 820 g/mol. The number of ether oxygens (including phenoxy) is 1. The first-order valence-electron chi connectivity index (χ1n) is 20.8. The zero-order valence-electron chi connectivity index (χ0n) is 33.5. The first kappa shape index (κ1) is 40.5. The molecule has 314 valence electrons. The smallest absolute Gasteiger partial charge is 0.270 e. The number of hydrogen-bond acceptors (Lipinski definition) is 13. The van der Waals surface area contributed by atoms with E-state index >= 15 is 0 Å². The summed E-state index contributed by atoms with van der Waals surface area (Å²) in [7, 11) is 0. The first-order valence-corrected chi connectivity index (χ1v) is 20.8. The number of benzene rings is 1. The Balaban J connectivity index is 0.698. The summed E-state index contributed by atoms with van der Waals surface area (Å²) < 4.78 is 7.77. The van der Waals surface area contributed by atoms with Gasteiger partial charge in [-0.15, -0.1) is 0 Å². The number of piperidine rings is 2. The SMILES string of the molecule is Cc1cccc(C(=O)NC2CC(n3cnc4c(NC5CCN(CCCCCCNC(=O)COc6cccc7c6C(=O)N([C@H]6CCC(=O)NC6=O)C7=O)CC5)ncnc43)C2)n1. The number of carbonyl (C=O) groups is 6. The zero-order valence-corrected chi connectivity index (χ0v) is 33.5. The molecule has 4 aromatic rings. The molecule has 6 amide bonds. The molecular weight excluding hydrogens is 771 g/mol. The third-order valence-corrected chi connectivity index (χ3v) is 11.8. The highest BCUT2D eigenvalue weighted by atomic mass is 16.5. The van der Waals surface area contributed by atoms with Crippen molar-refractivity contribution in [3.63, 3.8) is 0 Å². The standard InChI is InChI=1S/C42H49N11O7/c1-25-8-6-10-30(47-25)39(56)49-27-20-28(21-27)52-24-46-36-37(44-23-45-38(36)52)48-26-14-18-51(19-15-26)17-5-3-2-4-16-43-34(55)22-60-32-11-7-9-29-35(32)42(59)53(41(29)58)31-12-13-33(54)50-40(31)57/h6-11,23-24,26-28,31H,2-5,12-22H2,1H3,(H,43,55)(H,49,56)(H,44,45,48)(H,50,54,57)/t27?,28?,31-/m0/s1. The van der Waals surface area contributed by atoms with Gasteiger partial charge < -0.3 is 30.2 Å². The molecule has 3 aromatic heterocycles. The van der Waals surface area contributed by atoms with E-state index < -0.39 is 29.7 Å². The van der Waals surface area contributed by atoms with E-state index in [1.807, 2.05) is 25.4 Å². The van der Waals surface area contributed by atoms with Crippen LogP contribution in [0.25, 0.3) is 11.2 Å². The quantitative estimate of drug-likeness (QED) is 0.0945. The van der Waals surface area contributed by atoms with E-state index in [2.05, 4.69) is 50.7 Å². The predicted octanol–water partition coefficient (Wildman–Crippen LogP) is 2.70. The lowest BCUT2D eigenvalue weighted by Gasteiger charge is -2.36. The Morgan fingerprint density at radius 2 is 1.70 bits per heavy atom. The Hall–Kier alpha value is -6.30. The minimum atomic E-state index is -1.08. The van der Waals surface area contributed by atoms with Crippen LogP contribution in [0.4, 0.5) is 5.82 Å². The summed E-state index contributed by atoms with van der Waals surface area (Å²) in [6.07, 6.45) is 11.0. The zero-order chi connectivity index (χ0) is 41.8. The highest BCUT2D eigenvalue weighted by Crippen LogP contribution is 2.36. The fourth-order valence-electron chi connectivity index (χ4n) is 8.42. The Morgan fingerprint density at radius 3 is 2.50 bits per heavy atom. The van der Waals surface area contributed by atoms with Gasteiger partial charge in [0.05, 0.1) is 17.5 Å². The molecular formula is C42H49N11O7. The molecule has 6 heterocycles. The molecule has 0 radical (unpaired) electrons. The van der Waals surface area contributed by atoms with E-state index in [1.165, 1.54) is 12.1 Å². The minimum Gasteiger partial charge on any atom is -0.483 e. The maximum absolute atomic E-state index is 13.2. The van der Waals surface area contributed by atoms with Crippen LogP contribution in [0.15, 0.2) is 49.1 Å². The van der Waals surface area contributed by atoms with Crippen LogP contribution in [-0.2, 0) is 14.4 Å². The summed E-state index contributed by atoms with van der Waals surface area (Å²) in [5, 5.41) is 11.8. The number of carbonyl (C=O) groups excluding carboxylic acids is 6. The van der Waals surface area contributed by atoms with Crippen LogP contribution in [0.3, 0.4) is 0 Å². The fraction of sp³-hybridized carbons (Fsp3) is 0.476. The monoisotopic (exact) mass is 819 g/mol. The number of rotatable bonds is 16. The van der Waals surface area contributed by atoms with Crippen LogP contribution in [-0.4, -0.2) is 121 Å². The summed E-state index contributed by atoms with van der Waals surface area (Å²) in [6.45, 7) is 5.03. The largest absolute Gasteiger partial charge is 0.483 e. The molecule has 4 aliphatic rings. The van der Waals surface area contributed by atoms with Crippen LogP contribution in [0.5, 0.6) is 5.75 Å². The van der Waals surface area contributed by atoms with E-state index in [9.17, 15) is 28.8 Å². The van der Waals surface area contributed by atoms with E-state index in [4.69, 9.17) is 4.74 Å². The van der Waals surface area contributed by atoms with Crippen molar-refractivity contribution in [3.05, 3.63) is 71.6 Å². The second-order valence-electron chi connectivity index (χ2n) is 15.9. The highest BCUT2D eigenvalue weighted by Gasteiger charge is 2.46.